The molecule has 1 saturated carbocycles. The molecule has 6 nitrogen and oxygen atoms in total. The van der Waals surface area contributed by atoms with Gasteiger partial charge in [-0.25, -0.2) is 4.98 Å². The van der Waals surface area contributed by atoms with Gasteiger partial charge in [0.05, 0.1) is 5.56 Å². The number of benzene rings is 1. The Morgan fingerprint density at radius 1 is 1.12 bits per heavy atom. The van der Waals surface area contributed by atoms with Crippen LogP contribution in [0.1, 0.15) is 47.2 Å². The lowest BCUT2D eigenvalue weighted by Crippen LogP contribution is -2.42. The van der Waals surface area contributed by atoms with Crippen molar-refractivity contribution >= 4 is 23.2 Å². The third-order valence-corrected chi connectivity index (χ3v) is 4.80. The van der Waals surface area contributed by atoms with Crippen LogP contribution in [-0.4, -0.2) is 23.0 Å². The maximum Gasteiger partial charge on any atom is 0.252 e. The van der Waals surface area contributed by atoms with Crippen LogP contribution in [-0.2, 0) is 0 Å². The fraction of sp³-hybridized carbons (Fsp3) is 0.400. The lowest BCUT2D eigenvalue weighted by atomic mass is 9.91. The number of carbonyl (C=O) groups excluding carboxylic acids is 1. The standard InChI is InChI=1S/C20H27N5O/c1-12-9-13(2)11-14(10-12)23-20-15(19(22)26)7-8-18(25-20)24-17-6-4-3-5-16(17)21/h7-11,16-17H,3-6,21H2,1-2H3,(H2,22,26)(H2,23,24,25)/t16-,17+/m0/s1. The first kappa shape index (κ1) is 18.2. The van der Waals surface area contributed by atoms with Gasteiger partial charge >= 0.3 is 0 Å². The number of anilines is 3. The minimum atomic E-state index is -0.509. The highest BCUT2D eigenvalue weighted by atomic mass is 16.1. The number of amides is 1. The highest BCUT2D eigenvalue weighted by Crippen LogP contribution is 2.25. The number of nitrogens with two attached hydrogens (primary N) is 2. The number of hydrogen-bond acceptors (Lipinski definition) is 5. The molecular formula is C20H27N5O. The molecule has 26 heavy (non-hydrogen) atoms. The molecule has 1 aliphatic rings. The predicted octanol–water partition coefficient (Wildman–Crippen LogP) is 3.22. The summed E-state index contributed by atoms with van der Waals surface area (Å²) in [5.74, 6) is 0.645. The molecule has 3 rings (SSSR count). The number of nitrogens with zero attached hydrogens (tertiary/aromatic N) is 1. The highest BCUT2D eigenvalue weighted by Gasteiger charge is 2.22. The van der Waals surface area contributed by atoms with Crippen LogP contribution in [0, 0.1) is 13.8 Å². The fourth-order valence-electron chi connectivity index (χ4n) is 3.55. The fourth-order valence-corrected chi connectivity index (χ4v) is 3.55. The molecule has 1 aliphatic carbocycles. The van der Waals surface area contributed by atoms with Crippen molar-refractivity contribution in [3.63, 3.8) is 0 Å². The second kappa shape index (κ2) is 7.74. The minimum absolute atomic E-state index is 0.122. The number of pyridine rings is 1. The Kier molecular flexibility index (Phi) is 5.42. The summed E-state index contributed by atoms with van der Waals surface area (Å²) in [5.41, 5.74) is 15.3. The van der Waals surface area contributed by atoms with Gasteiger partial charge < -0.3 is 22.1 Å². The molecule has 6 N–H and O–H groups in total. The molecule has 1 aromatic heterocycles. The molecule has 138 valence electrons. The molecule has 0 radical (unpaired) electrons. The highest BCUT2D eigenvalue weighted by molar-refractivity contribution is 5.98. The van der Waals surface area contributed by atoms with Gasteiger partial charge in [0.15, 0.2) is 0 Å². The summed E-state index contributed by atoms with van der Waals surface area (Å²) in [4.78, 5) is 16.4. The van der Waals surface area contributed by atoms with E-state index in [1.165, 1.54) is 12.8 Å². The number of nitrogens with one attached hydrogen (secondary N) is 2. The average molecular weight is 353 g/mol. The summed E-state index contributed by atoms with van der Waals surface area (Å²) >= 11 is 0. The van der Waals surface area contributed by atoms with E-state index >= 15 is 0 Å². The molecule has 0 spiro atoms. The Bertz CT molecular complexity index is 785. The maximum atomic E-state index is 11.8. The molecule has 0 aliphatic heterocycles. The van der Waals surface area contributed by atoms with Crippen LogP contribution in [0.15, 0.2) is 30.3 Å². The van der Waals surface area contributed by atoms with Gasteiger partial charge in [0, 0.05) is 17.8 Å². The van der Waals surface area contributed by atoms with Gasteiger partial charge in [0.2, 0.25) is 0 Å². The Hall–Kier alpha value is -2.60. The predicted molar refractivity (Wildman–Crippen MR) is 106 cm³/mol. The van der Waals surface area contributed by atoms with Gasteiger partial charge in [-0.15, -0.1) is 0 Å². The Morgan fingerprint density at radius 2 is 1.81 bits per heavy atom. The van der Waals surface area contributed by atoms with Crippen molar-refractivity contribution in [1.82, 2.24) is 4.98 Å². The van der Waals surface area contributed by atoms with Gasteiger partial charge in [-0.3, -0.25) is 4.79 Å². The monoisotopic (exact) mass is 353 g/mol. The number of aromatic nitrogens is 1. The van der Waals surface area contributed by atoms with Gasteiger partial charge in [-0.2, -0.15) is 0 Å². The van der Waals surface area contributed by atoms with Gasteiger partial charge in [0.1, 0.15) is 11.6 Å². The number of carbonyl (C=O) groups is 1. The average Bonchev–Trinajstić information content (AvgIpc) is 2.56. The van der Waals surface area contributed by atoms with Gasteiger partial charge in [0.25, 0.3) is 5.91 Å². The molecule has 1 aromatic carbocycles. The van der Waals surface area contributed by atoms with Crippen molar-refractivity contribution < 1.29 is 4.79 Å². The SMILES string of the molecule is Cc1cc(C)cc(Nc2nc(N[C@@H]3CCCC[C@@H]3N)ccc2C(N)=O)c1. The van der Waals surface area contributed by atoms with Crippen LogP contribution in [0.2, 0.25) is 0 Å². The Balaban J connectivity index is 1.87. The second-order valence-electron chi connectivity index (χ2n) is 7.16. The lowest BCUT2D eigenvalue weighted by molar-refractivity contribution is 0.100. The normalized spacial score (nSPS) is 19.8. The summed E-state index contributed by atoms with van der Waals surface area (Å²) in [6, 6.07) is 9.93. The minimum Gasteiger partial charge on any atom is -0.366 e. The topological polar surface area (TPSA) is 106 Å². The van der Waals surface area contributed by atoms with E-state index in [0.717, 1.165) is 29.7 Å². The molecule has 6 heteroatoms. The second-order valence-corrected chi connectivity index (χ2v) is 7.16. The molecule has 0 saturated heterocycles. The molecule has 1 amide bonds. The molecule has 2 aromatic rings. The number of hydrogen-bond donors (Lipinski definition) is 4. The molecule has 1 heterocycles. The van der Waals surface area contributed by atoms with Crippen LogP contribution in [0.5, 0.6) is 0 Å². The first-order valence-electron chi connectivity index (χ1n) is 9.10. The van der Waals surface area contributed by atoms with Gasteiger partial charge in [-0.1, -0.05) is 18.9 Å². The van der Waals surface area contributed by atoms with Crippen molar-refractivity contribution in [2.45, 2.75) is 51.6 Å². The molecule has 0 unspecified atom stereocenters. The van der Waals surface area contributed by atoms with Crippen LogP contribution in [0.25, 0.3) is 0 Å². The summed E-state index contributed by atoms with van der Waals surface area (Å²) in [6.07, 6.45) is 4.39. The molecule has 2 atom stereocenters. The zero-order valence-electron chi connectivity index (χ0n) is 15.4. The van der Waals surface area contributed by atoms with E-state index in [-0.39, 0.29) is 12.1 Å². The van der Waals surface area contributed by atoms with E-state index < -0.39 is 5.91 Å². The van der Waals surface area contributed by atoms with E-state index in [9.17, 15) is 4.79 Å². The van der Waals surface area contributed by atoms with E-state index in [2.05, 4.69) is 21.7 Å². The van der Waals surface area contributed by atoms with E-state index in [0.29, 0.717) is 17.2 Å². The van der Waals surface area contributed by atoms with E-state index in [1.807, 2.05) is 26.0 Å². The van der Waals surface area contributed by atoms with Crippen molar-refractivity contribution in [1.29, 1.82) is 0 Å². The molecule has 1 fully saturated rings. The van der Waals surface area contributed by atoms with E-state index in [4.69, 9.17) is 11.5 Å². The summed E-state index contributed by atoms with van der Waals surface area (Å²) < 4.78 is 0. The molecule has 0 bridgehead atoms. The van der Waals surface area contributed by atoms with Crippen molar-refractivity contribution in [3.05, 3.63) is 47.0 Å². The largest absolute Gasteiger partial charge is 0.366 e. The lowest BCUT2D eigenvalue weighted by Gasteiger charge is -2.29. The maximum absolute atomic E-state index is 11.8. The number of primary amides is 1. The summed E-state index contributed by atoms with van der Waals surface area (Å²) in [6.45, 7) is 4.06. The van der Waals surface area contributed by atoms with E-state index in [1.54, 1.807) is 12.1 Å². The molecular weight excluding hydrogens is 326 g/mol. The van der Waals surface area contributed by atoms with Crippen molar-refractivity contribution in [2.75, 3.05) is 10.6 Å². The smallest absolute Gasteiger partial charge is 0.252 e. The number of aryl methyl sites for hydroxylation is 2. The zero-order chi connectivity index (χ0) is 18.7. The van der Waals surface area contributed by atoms with Crippen LogP contribution < -0.4 is 22.1 Å². The van der Waals surface area contributed by atoms with Gasteiger partial charge in [-0.05, 0) is 62.1 Å². The zero-order valence-corrected chi connectivity index (χ0v) is 15.4. The van der Waals surface area contributed by atoms with Crippen LogP contribution >= 0.6 is 0 Å². The third-order valence-electron chi connectivity index (χ3n) is 4.80. The first-order chi connectivity index (χ1) is 12.4. The summed E-state index contributed by atoms with van der Waals surface area (Å²) in [5, 5.41) is 6.66. The Labute approximate surface area is 154 Å². The Morgan fingerprint density at radius 3 is 2.46 bits per heavy atom. The van der Waals surface area contributed by atoms with Crippen LogP contribution in [0.4, 0.5) is 17.3 Å². The van der Waals surface area contributed by atoms with Crippen molar-refractivity contribution in [2.24, 2.45) is 11.5 Å². The third kappa shape index (κ3) is 4.32. The first-order valence-corrected chi connectivity index (χ1v) is 9.10. The number of rotatable bonds is 5. The van der Waals surface area contributed by atoms with Crippen LogP contribution in [0.3, 0.4) is 0 Å². The summed E-state index contributed by atoms with van der Waals surface area (Å²) in [7, 11) is 0. The van der Waals surface area contributed by atoms with Crippen molar-refractivity contribution in [3.8, 4) is 0 Å². The quantitative estimate of drug-likeness (QED) is 0.660.